The van der Waals surface area contributed by atoms with E-state index in [4.69, 9.17) is 4.74 Å². The van der Waals surface area contributed by atoms with Crippen LogP contribution in [0.4, 0.5) is 11.4 Å². The first kappa shape index (κ1) is 22.7. The smallest absolute Gasteiger partial charge is 0.269 e. The SMILES string of the molecule is CCOc1c(Br)cc(Br)cc1CNCCNc1ccc([N+](=O)[O-])cc1.Cl. The van der Waals surface area contributed by atoms with Crippen LogP contribution in [-0.2, 0) is 6.54 Å². The summed E-state index contributed by atoms with van der Waals surface area (Å²) in [6, 6.07) is 10.4. The molecule has 0 aliphatic carbocycles. The number of anilines is 1. The average Bonchev–Trinajstić information content (AvgIpc) is 2.58. The number of nitro groups is 1. The molecule has 0 bridgehead atoms. The minimum Gasteiger partial charge on any atom is -0.492 e. The van der Waals surface area contributed by atoms with Crippen molar-refractivity contribution in [2.45, 2.75) is 13.5 Å². The standard InChI is InChI=1S/C17H19Br2N3O3.ClH/c1-2-25-17-12(9-13(18)10-16(17)19)11-20-7-8-21-14-3-5-15(6-4-14)22(23)24;/h3-6,9-10,20-21H,2,7-8,11H2,1H3;1H. The number of non-ortho nitro benzene ring substituents is 1. The van der Waals surface area contributed by atoms with Crippen LogP contribution in [-0.4, -0.2) is 24.6 Å². The van der Waals surface area contributed by atoms with Crippen molar-refractivity contribution >= 4 is 55.6 Å². The maximum atomic E-state index is 10.6. The number of ether oxygens (including phenoxy) is 1. The van der Waals surface area contributed by atoms with E-state index in [1.165, 1.54) is 12.1 Å². The summed E-state index contributed by atoms with van der Waals surface area (Å²) in [7, 11) is 0. The molecule has 0 aliphatic rings. The van der Waals surface area contributed by atoms with Crippen LogP contribution in [0.5, 0.6) is 5.75 Å². The fraction of sp³-hybridized carbons (Fsp3) is 0.294. The Morgan fingerprint density at radius 2 is 1.85 bits per heavy atom. The Bertz CT molecular complexity index is 730. The van der Waals surface area contributed by atoms with Gasteiger partial charge in [0, 0.05) is 47.5 Å². The van der Waals surface area contributed by atoms with E-state index < -0.39 is 4.92 Å². The molecule has 26 heavy (non-hydrogen) atoms. The first-order valence-electron chi connectivity index (χ1n) is 7.81. The zero-order valence-corrected chi connectivity index (χ0v) is 18.1. The third-order valence-corrected chi connectivity index (χ3v) is 4.45. The second kappa shape index (κ2) is 11.4. The number of hydrogen-bond acceptors (Lipinski definition) is 5. The summed E-state index contributed by atoms with van der Waals surface area (Å²) in [5.74, 6) is 0.849. The van der Waals surface area contributed by atoms with Crippen molar-refractivity contribution in [1.82, 2.24) is 5.32 Å². The Hall–Kier alpha value is -1.35. The summed E-state index contributed by atoms with van der Waals surface area (Å²) in [5.41, 5.74) is 2.01. The van der Waals surface area contributed by atoms with Crippen LogP contribution in [0.15, 0.2) is 45.3 Å². The number of benzene rings is 2. The molecule has 0 atom stereocenters. The van der Waals surface area contributed by atoms with Crippen molar-refractivity contribution in [3.63, 3.8) is 0 Å². The van der Waals surface area contributed by atoms with Crippen LogP contribution in [0.3, 0.4) is 0 Å². The van der Waals surface area contributed by atoms with E-state index in [1.54, 1.807) is 12.1 Å². The summed E-state index contributed by atoms with van der Waals surface area (Å²) in [5, 5.41) is 17.2. The topological polar surface area (TPSA) is 76.4 Å². The number of nitrogens with zero attached hydrogens (tertiary/aromatic N) is 1. The van der Waals surface area contributed by atoms with E-state index in [-0.39, 0.29) is 18.1 Å². The van der Waals surface area contributed by atoms with Crippen LogP contribution in [0.2, 0.25) is 0 Å². The highest BCUT2D eigenvalue weighted by Gasteiger charge is 2.09. The average molecular weight is 510 g/mol. The van der Waals surface area contributed by atoms with Gasteiger partial charge in [0.25, 0.3) is 5.69 Å². The zero-order chi connectivity index (χ0) is 18.2. The molecule has 0 fully saturated rings. The fourth-order valence-corrected chi connectivity index (χ4v) is 3.70. The van der Waals surface area contributed by atoms with Crippen molar-refractivity contribution in [3.05, 3.63) is 61.0 Å². The van der Waals surface area contributed by atoms with Gasteiger partial charge in [-0.3, -0.25) is 10.1 Å². The number of nitrogens with one attached hydrogen (secondary N) is 2. The number of halogens is 3. The lowest BCUT2D eigenvalue weighted by atomic mass is 10.2. The van der Waals surface area contributed by atoms with Gasteiger partial charge >= 0.3 is 0 Å². The van der Waals surface area contributed by atoms with Gasteiger partial charge in [0.1, 0.15) is 5.75 Å². The zero-order valence-electron chi connectivity index (χ0n) is 14.1. The summed E-state index contributed by atoms with van der Waals surface area (Å²) < 4.78 is 7.61. The molecule has 2 aromatic carbocycles. The molecule has 0 heterocycles. The Morgan fingerprint density at radius 1 is 1.15 bits per heavy atom. The van der Waals surface area contributed by atoms with Crippen molar-refractivity contribution in [2.75, 3.05) is 25.0 Å². The molecular weight excluding hydrogens is 489 g/mol. The molecule has 0 aliphatic heterocycles. The van der Waals surface area contributed by atoms with Gasteiger partial charge in [-0.25, -0.2) is 0 Å². The van der Waals surface area contributed by atoms with Crippen molar-refractivity contribution in [3.8, 4) is 5.75 Å². The van der Waals surface area contributed by atoms with Crippen LogP contribution < -0.4 is 15.4 Å². The predicted molar refractivity (Wildman–Crippen MR) is 114 cm³/mol. The summed E-state index contributed by atoms with van der Waals surface area (Å²) in [6.45, 7) is 4.69. The van der Waals surface area contributed by atoms with Crippen molar-refractivity contribution in [2.24, 2.45) is 0 Å². The quantitative estimate of drug-likeness (QED) is 0.278. The molecule has 2 rings (SSSR count). The van der Waals surface area contributed by atoms with Crippen LogP contribution in [0.1, 0.15) is 12.5 Å². The van der Waals surface area contributed by atoms with Crippen molar-refractivity contribution < 1.29 is 9.66 Å². The highest BCUT2D eigenvalue weighted by molar-refractivity contribution is 9.11. The summed E-state index contributed by atoms with van der Waals surface area (Å²) in [6.07, 6.45) is 0. The number of nitro benzene ring substituents is 1. The fourth-order valence-electron chi connectivity index (χ4n) is 2.27. The number of rotatable bonds is 9. The van der Waals surface area contributed by atoms with Gasteiger partial charge < -0.3 is 15.4 Å². The molecule has 2 N–H and O–H groups in total. The van der Waals surface area contributed by atoms with Crippen LogP contribution in [0.25, 0.3) is 0 Å². The molecular formula is C17H20Br2ClN3O3. The van der Waals surface area contributed by atoms with Gasteiger partial charge in [-0.2, -0.15) is 0 Å². The molecule has 0 radical (unpaired) electrons. The lowest BCUT2D eigenvalue weighted by Gasteiger charge is -2.14. The van der Waals surface area contributed by atoms with E-state index in [9.17, 15) is 10.1 Å². The molecule has 142 valence electrons. The van der Waals surface area contributed by atoms with E-state index in [0.717, 1.165) is 32.5 Å². The summed E-state index contributed by atoms with van der Waals surface area (Å²) in [4.78, 5) is 10.2. The largest absolute Gasteiger partial charge is 0.492 e. The Balaban J connectivity index is 0.00000338. The molecule has 0 unspecified atom stereocenters. The van der Waals surface area contributed by atoms with Crippen LogP contribution in [0, 0.1) is 10.1 Å². The first-order valence-corrected chi connectivity index (χ1v) is 9.39. The van der Waals surface area contributed by atoms with E-state index in [1.807, 2.05) is 19.1 Å². The molecule has 0 saturated carbocycles. The lowest BCUT2D eigenvalue weighted by Crippen LogP contribution is -2.22. The lowest BCUT2D eigenvalue weighted by molar-refractivity contribution is -0.384. The van der Waals surface area contributed by atoms with Gasteiger partial charge in [0.15, 0.2) is 0 Å². The van der Waals surface area contributed by atoms with Gasteiger partial charge in [-0.1, -0.05) is 15.9 Å². The van der Waals surface area contributed by atoms with Gasteiger partial charge in [0.05, 0.1) is 16.0 Å². The second-order valence-electron chi connectivity index (χ2n) is 5.22. The number of hydrogen-bond donors (Lipinski definition) is 2. The summed E-state index contributed by atoms with van der Waals surface area (Å²) >= 11 is 7.02. The van der Waals surface area contributed by atoms with Gasteiger partial charge in [0.2, 0.25) is 0 Å². The van der Waals surface area contributed by atoms with E-state index >= 15 is 0 Å². The molecule has 0 aromatic heterocycles. The minimum absolute atomic E-state index is 0. The molecule has 2 aromatic rings. The maximum Gasteiger partial charge on any atom is 0.269 e. The van der Waals surface area contributed by atoms with Crippen molar-refractivity contribution in [1.29, 1.82) is 0 Å². The minimum atomic E-state index is -0.405. The first-order chi connectivity index (χ1) is 12.0. The Labute approximate surface area is 175 Å². The second-order valence-corrected chi connectivity index (χ2v) is 6.99. The Kier molecular flexibility index (Phi) is 9.93. The molecule has 0 spiro atoms. The highest BCUT2D eigenvalue weighted by atomic mass is 79.9. The van der Waals surface area contributed by atoms with Gasteiger partial charge in [-0.15, -0.1) is 12.4 Å². The normalized spacial score (nSPS) is 10.1. The van der Waals surface area contributed by atoms with E-state index in [2.05, 4.69) is 42.5 Å². The maximum absolute atomic E-state index is 10.6. The predicted octanol–water partition coefficient (Wildman–Crippen LogP) is 5.14. The van der Waals surface area contributed by atoms with Gasteiger partial charge in [-0.05, 0) is 47.1 Å². The molecule has 0 saturated heterocycles. The third-order valence-electron chi connectivity index (χ3n) is 3.40. The molecule has 9 heteroatoms. The Morgan fingerprint density at radius 3 is 2.46 bits per heavy atom. The molecule has 6 nitrogen and oxygen atoms in total. The van der Waals surface area contributed by atoms with Crippen LogP contribution >= 0.6 is 44.3 Å². The molecule has 0 amide bonds. The monoisotopic (exact) mass is 507 g/mol. The third kappa shape index (κ3) is 6.75. The van der Waals surface area contributed by atoms with E-state index in [0.29, 0.717) is 19.7 Å². The highest BCUT2D eigenvalue weighted by Crippen LogP contribution is 2.32.